The smallest absolute Gasteiger partial charge is 0.338 e. The van der Waals surface area contributed by atoms with Crippen molar-refractivity contribution >= 4 is 23.5 Å². The molecule has 4 rings (SSSR count). The third-order valence-electron chi connectivity index (χ3n) is 5.04. The van der Waals surface area contributed by atoms with Crippen molar-refractivity contribution < 1.29 is 29.0 Å². The largest absolute Gasteiger partial charge is 0.462 e. The molecule has 2 amide bonds. The topological polar surface area (TPSA) is 93.1 Å². The molecule has 1 N–H and O–H groups in total. The summed E-state index contributed by atoms with van der Waals surface area (Å²) < 4.78 is 10.6. The van der Waals surface area contributed by atoms with Gasteiger partial charge in [0.15, 0.2) is 0 Å². The van der Waals surface area contributed by atoms with Crippen molar-refractivity contribution in [2.45, 2.75) is 18.6 Å². The van der Waals surface area contributed by atoms with Gasteiger partial charge in [-0.3, -0.25) is 9.59 Å². The third-order valence-corrected chi connectivity index (χ3v) is 5.04. The number of aliphatic hydroxyl groups is 1. The van der Waals surface area contributed by atoms with E-state index >= 15 is 0 Å². The van der Waals surface area contributed by atoms with Gasteiger partial charge in [0, 0.05) is 0 Å². The number of anilines is 1. The second-order valence-electron chi connectivity index (χ2n) is 6.34. The summed E-state index contributed by atoms with van der Waals surface area (Å²) >= 11 is 0. The number of carbonyl (C=O) groups is 3. The van der Waals surface area contributed by atoms with Gasteiger partial charge in [-0.05, 0) is 31.2 Å². The lowest BCUT2D eigenvalue weighted by molar-refractivity contribution is -0.128. The summed E-state index contributed by atoms with van der Waals surface area (Å²) in [5, 5.41) is 9.69. The molecule has 0 aliphatic carbocycles. The number of hydrogen-bond acceptors (Lipinski definition) is 6. The molecule has 0 radical (unpaired) electrons. The number of fused-ring (bicyclic) bond motifs is 5. The summed E-state index contributed by atoms with van der Waals surface area (Å²) in [5.74, 6) is -2.53. The third kappa shape index (κ3) is 2.09. The minimum atomic E-state index is -1.11. The zero-order valence-corrected chi connectivity index (χ0v) is 13.5. The summed E-state index contributed by atoms with van der Waals surface area (Å²) in [4.78, 5) is 38.5. The van der Waals surface area contributed by atoms with Crippen LogP contribution in [0.3, 0.4) is 0 Å². The average molecular weight is 343 g/mol. The molecule has 7 heteroatoms. The predicted octanol–water partition coefficient (Wildman–Crippen LogP) is 0.669. The zero-order valence-electron chi connectivity index (χ0n) is 13.5. The van der Waals surface area contributed by atoms with Crippen LogP contribution in [0.15, 0.2) is 36.4 Å². The Morgan fingerprint density at radius 1 is 1.28 bits per heavy atom. The maximum absolute atomic E-state index is 12.9. The van der Waals surface area contributed by atoms with Gasteiger partial charge in [0.25, 0.3) is 0 Å². The minimum absolute atomic E-state index is 0.269. The summed E-state index contributed by atoms with van der Waals surface area (Å²) in [6.07, 6.45) is 2.92. The molecule has 0 aromatic heterocycles. The minimum Gasteiger partial charge on any atom is -0.462 e. The van der Waals surface area contributed by atoms with Gasteiger partial charge >= 0.3 is 5.97 Å². The maximum Gasteiger partial charge on any atom is 0.338 e. The summed E-state index contributed by atoms with van der Waals surface area (Å²) in [5.41, 5.74) is -0.367. The van der Waals surface area contributed by atoms with Crippen LogP contribution in [0.4, 0.5) is 5.69 Å². The molecule has 25 heavy (non-hydrogen) atoms. The van der Waals surface area contributed by atoms with Gasteiger partial charge < -0.3 is 14.6 Å². The number of benzene rings is 1. The van der Waals surface area contributed by atoms with Gasteiger partial charge in [0.1, 0.15) is 5.60 Å². The van der Waals surface area contributed by atoms with E-state index in [1.807, 2.05) is 0 Å². The highest BCUT2D eigenvalue weighted by atomic mass is 16.5. The molecule has 1 aromatic rings. The molecule has 0 unspecified atom stereocenters. The summed E-state index contributed by atoms with van der Waals surface area (Å²) in [6, 6.07) is 6.14. The summed E-state index contributed by atoms with van der Waals surface area (Å²) in [6.45, 7) is 1.63. The Kier molecular flexibility index (Phi) is 3.52. The van der Waals surface area contributed by atoms with Gasteiger partial charge in [-0.1, -0.05) is 12.2 Å². The van der Waals surface area contributed by atoms with Gasteiger partial charge in [0.05, 0.1) is 42.4 Å². The zero-order chi connectivity index (χ0) is 17.8. The molecule has 130 valence electrons. The van der Waals surface area contributed by atoms with Crippen LogP contribution < -0.4 is 4.90 Å². The quantitative estimate of drug-likeness (QED) is 0.491. The molecule has 3 aliphatic heterocycles. The molecule has 2 saturated heterocycles. The first-order valence-electron chi connectivity index (χ1n) is 8.15. The molecule has 2 bridgehead atoms. The highest BCUT2D eigenvalue weighted by molar-refractivity contribution is 6.23. The molecule has 4 atom stereocenters. The fourth-order valence-corrected chi connectivity index (χ4v) is 3.90. The molecule has 2 fully saturated rings. The maximum atomic E-state index is 12.9. The highest BCUT2D eigenvalue weighted by Crippen LogP contribution is 2.52. The summed E-state index contributed by atoms with van der Waals surface area (Å²) in [7, 11) is 0. The lowest BCUT2D eigenvalue weighted by Crippen LogP contribution is -2.43. The van der Waals surface area contributed by atoms with Crippen molar-refractivity contribution in [2.24, 2.45) is 11.8 Å². The number of hydrogen-bond donors (Lipinski definition) is 1. The standard InChI is InChI=1S/C18H17NO6/c1-2-24-17(23)10-3-5-11(6-4-10)19-15(21)13-12-7-8-18(9-20,25-12)14(13)16(19)22/h3-8,12-14,20H,2,9H2,1H3/t12-,13-,14-,18+/m0/s1. The number of ether oxygens (including phenoxy) is 2. The molecule has 0 saturated carbocycles. The van der Waals surface area contributed by atoms with Gasteiger partial charge in [-0.25, -0.2) is 9.69 Å². The van der Waals surface area contributed by atoms with E-state index in [4.69, 9.17) is 9.47 Å². The first-order valence-corrected chi connectivity index (χ1v) is 8.15. The van der Waals surface area contributed by atoms with Crippen LogP contribution in [-0.2, 0) is 19.1 Å². The van der Waals surface area contributed by atoms with Crippen LogP contribution >= 0.6 is 0 Å². The van der Waals surface area contributed by atoms with E-state index in [0.717, 1.165) is 4.90 Å². The number of esters is 1. The number of nitrogens with zero attached hydrogens (tertiary/aromatic N) is 1. The predicted molar refractivity (Wildman–Crippen MR) is 85.7 cm³/mol. The lowest BCUT2D eigenvalue weighted by Gasteiger charge is -2.26. The Bertz CT molecular complexity index is 785. The van der Waals surface area contributed by atoms with Crippen LogP contribution in [0.1, 0.15) is 17.3 Å². The molecule has 1 aromatic carbocycles. The first kappa shape index (κ1) is 16.0. The first-order chi connectivity index (χ1) is 12.0. The molecular formula is C18H17NO6. The lowest BCUT2D eigenvalue weighted by atomic mass is 9.77. The normalized spacial score (nSPS) is 32.4. The van der Waals surface area contributed by atoms with Crippen LogP contribution in [-0.4, -0.2) is 47.8 Å². The van der Waals surface area contributed by atoms with Crippen molar-refractivity contribution in [1.82, 2.24) is 0 Å². The van der Waals surface area contributed by atoms with Crippen molar-refractivity contribution in [3.05, 3.63) is 42.0 Å². The monoisotopic (exact) mass is 343 g/mol. The Morgan fingerprint density at radius 2 is 2.00 bits per heavy atom. The van der Waals surface area contributed by atoms with Crippen LogP contribution in [0.5, 0.6) is 0 Å². The van der Waals surface area contributed by atoms with Crippen LogP contribution in [0, 0.1) is 11.8 Å². The molecule has 0 spiro atoms. The Balaban J connectivity index is 1.64. The fourth-order valence-electron chi connectivity index (χ4n) is 3.90. The highest BCUT2D eigenvalue weighted by Gasteiger charge is 2.67. The van der Waals surface area contributed by atoms with E-state index in [1.165, 1.54) is 12.1 Å². The van der Waals surface area contributed by atoms with E-state index in [9.17, 15) is 19.5 Å². The Morgan fingerprint density at radius 3 is 2.64 bits per heavy atom. The van der Waals surface area contributed by atoms with Crippen molar-refractivity contribution in [1.29, 1.82) is 0 Å². The van der Waals surface area contributed by atoms with E-state index in [2.05, 4.69) is 0 Å². The van der Waals surface area contributed by atoms with E-state index in [0.29, 0.717) is 11.3 Å². The van der Waals surface area contributed by atoms with E-state index in [-0.39, 0.29) is 25.0 Å². The number of amides is 2. The second kappa shape index (κ2) is 5.50. The van der Waals surface area contributed by atoms with E-state index in [1.54, 1.807) is 31.2 Å². The second-order valence-corrected chi connectivity index (χ2v) is 6.34. The van der Waals surface area contributed by atoms with Crippen LogP contribution in [0.25, 0.3) is 0 Å². The Hall–Kier alpha value is -2.51. The molecule has 3 aliphatic rings. The van der Waals surface area contributed by atoms with Gasteiger partial charge in [-0.15, -0.1) is 0 Å². The Labute approximate surface area is 143 Å². The number of imide groups is 1. The van der Waals surface area contributed by atoms with Crippen LogP contribution in [0.2, 0.25) is 0 Å². The number of carbonyl (C=O) groups excluding carboxylic acids is 3. The molecule has 7 nitrogen and oxygen atoms in total. The number of rotatable bonds is 4. The SMILES string of the molecule is CCOC(=O)c1ccc(N2C(=O)[C@H]3[C@@H]4C=C[C@](CO)(O4)[C@@H]3C2=O)cc1. The fraction of sp³-hybridized carbons (Fsp3) is 0.389. The van der Waals surface area contributed by atoms with Crippen molar-refractivity contribution in [2.75, 3.05) is 18.1 Å². The molecular weight excluding hydrogens is 326 g/mol. The van der Waals surface area contributed by atoms with E-state index < -0.39 is 29.5 Å². The molecule has 3 heterocycles. The number of aliphatic hydroxyl groups excluding tert-OH is 1. The van der Waals surface area contributed by atoms with Crippen molar-refractivity contribution in [3.63, 3.8) is 0 Å². The average Bonchev–Trinajstić information content (AvgIpc) is 3.26. The van der Waals surface area contributed by atoms with Gasteiger partial charge in [-0.2, -0.15) is 0 Å². The van der Waals surface area contributed by atoms with Crippen molar-refractivity contribution in [3.8, 4) is 0 Å². The van der Waals surface area contributed by atoms with Gasteiger partial charge in [0.2, 0.25) is 11.8 Å².